The van der Waals surface area contributed by atoms with Gasteiger partial charge in [0.25, 0.3) is 5.91 Å². The summed E-state index contributed by atoms with van der Waals surface area (Å²) in [4.78, 5) is 32.3. The molecule has 1 aliphatic rings. The normalized spacial score (nSPS) is 14.7. The molecule has 1 fully saturated rings. The number of benzene rings is 1. The summed E-state index contributed by atoms with van der Waals surface area (Å²) in [6.45, 7) is 3.01. The fourth-order valence-corrected chi connectivity index (χ4v) is 3.54. The van der Waals surface area contributed by atoms with E-state index in [4.69, 9.17) is 45.3 Å². The first-order valence-electron chi connectivity index (χ1n) is 8.88. The molecule has 0 saturated carbocycles. The Morgan fingerprint density at radius 2 is 1.69 bits per heavy atom. The number of hydrogen-bond donors (Lipinski definition) is 1. The van der Waals surface area contributed by atoms with Crippen molar-refractivity contribution in [1.82, 2.24) is 14.8 Å². The largest absolute Gasteiger partial charge is 0.451 e. The third-order valence-electron chi connectivity index (χ3n) is 4.57. The first-order chi connectivity index (χ1) is 13.9. The lowest BCUT2D eigenvalue weighted by molar-refractivity contribution is -0.136. The minimum absolute atomic E-state index is 0.0438. The van der Waals surface area contributed by atoms with Crippen molar-refractivity contribution in [2.24, 2.45) is 0 Å². The number of rotatable bonds is 5. The molecule has 0 radical (unpaired) electrons. The first kappa shape index (κ1) is 21.6. The van der Waals surface area contributed by atoms with Crippen LogP contribution in [0.25, 0.3) is 0 Å². The molecule has 0 unspecified atom stereocenters. The van der Waals surface area contributed by atoms with Gasteiger partial charge in [0.05, 0.1) is 10.7 Å². The van der Waals surface area contributed by atoms with Crippen molar-refractivity contribution in [3.8, 4) is 0 Å². The molecule has 1 aromatic carbocycles. The third-order valence-corrected chi connectivity index (χ3v) is 5.70. The van der Waals surface area contributed by atoms with Crippen LogP contribution in [0, 0.1) is 0 Å². The highest BCUT2D eigenvalue weighted by atomic mass is 35.5. The third kappa shape index (κ3) is 5.30. The van der Waals surface area contributed by atoms with Gasteiger partial charge in [-0.05, 0) is 5.56 Å². The highest BCUT2D eigenvalue weighted by Crippen LogP contribution is 2.34. The Morgan fingerprint density at radius 3 is 2.34 bits per heavy atom. The molecule has 1 aliphatic heterocycles. The molecule has 1 aromatic heterocycles. The number of nitrogens with zero attached hydrogens (tertiary/aromatic N) is 3. The summed E-state index contributed by atoms with van der Waals surface area (Å²) in [5.41, 5.74) is 6.57. The summed E-state index contributed by atoms with van der Waals surface area (Å²) in [7, 11) is 0. The van der Waals surface area contributed by atoms with Gasteiger partial charge in [0, 0.05) is 32.7 Å². The van der Waals surface area contributed by atoms with Gasteiger partial charge in [-0.1, -0.05) is 65.1 Å². The average molecular weight is 458 g/mol. The molecule has 0 aliphatic carbocycles. The number of carbonyl (C=O) groups excluding carboxylic acids is 2. The van der Waals surface area contributed by atoms with Gasteiger partial charge in [-0.15, -0.1) is 0 Å². The zero-order valence-corrected chi connectivity index (χ0v) is 17.7. The van der Waals surface area contributed by atoms with Crippen LogP contribution in [0.15, 0.2) is 30.3 Å². The predicted octanol–water partition coefficient (Wildman–Crippen LogP) is 3.13. The fourth-order valence-electron chi connectivity index (χ4n) is 2.95. The van der Waals surface area contributed by atoms with E-state index in [1.54, 1.807) is 4.90 Å². The van der Waals surface area contributed by atoms with Crippen molar-refractivity contribution >= 4 is 52.4 Å². The summed E-state index contributed by atoms with van der Waals surface area (Å²) in [5.74, 6) is -1.18. The van der Waals surface area contributed by atoms with Crippen LogP contribution in [-0.2, 0) is 16.1 Å². The van der Waals surface area contributed by atoms with Gasteiger partial charge in [0.1, 0.15) is 5.02 Å². The van der Waals surface area contributed by atoms with Crippen LogP contribution in [-0.4, -0.2) is 59.4 Å². The van der Waals surface area contributed by atoms with E-state index in [1.807, 2.05) is 18.2 Å². The number of halogens is 3. The first-order valence-corrected chi connectivity index (χ1v) is 10.0. The van der Waals surface area contributed by atoms with Gasteiger partial charge in [-0.2, -0.15) is 0 Å². The number of amides is 1. The number of nitrogens with two attached hydrogens (primary N) is 1. The molecule has 7 nitrogen and oxygen atoms in total. The van der Waals surface area contributed by atoms with Gasteiger partial charge in [0.2, 0.25) is 0 Å². The molecule has 0 bridgehead atoms. The smallest absolute Gasteiger partial charge is 0.359 e. The van der Waals surface area contributed by atoms with Crippen LogP contribution in [0.1, 0.15) is 16.1 Å². The van der Waals surface area contributed by atoms with E-state index in [9.17, 15) is 9.59 Å². The minimum atomic E-state index is -0.892. The van der Waals surface area contributed by atoms with Crippen molar-refractivity contribution in [1.29, 1.82) is 0 Å². The van der Waals surface area contributed by atoms with E-state index in [-0.39, 0.29) is 32.5 Å². The summed E-state index contributed by atoms with van der Waals surface area (Å²) >= 11 is 17.6. The molecule has 10 heteroatoms. The summed E-state index contributed by atoms with van der Waals surface area (Å²) in [5, 5.41) is -0.370. The van der Waals surface area contributed by atoms with Crippen molar-refractivity contribution in [3.63, 3.8) is 0 Å². The Kier molecular flexibility index (Phi) is 7.18. The molecule has 154 valence electrons. The fraction of sp³-hybridized carbons (Fsp3) is 0.316. The lowest BCUT2D eigenvalue weighted by atomic mass is 10.2. The number of ether oxygens (including phenoxy) is 1. The van der Waals surface area contributed by atoms with E-state index in [1.165, 1.54) is 5.56 Å². The van der Waals surface area contributed by atoms with Crippen molar-refractivity contribution < 1.29 is 14.3 Å². The molecule has 2 heterocycles. The number of aromatic nitrogens is 1. The van der Waals surface area contributed by atoms with E-state index < -0.39 is 12.6 Å². The van der Waals surface area contributed by atoms with Crippen LogP contribution >= 0.6 is 34.8 Å². The molecular weight excluding hydrogens is 439 g/mol. The molecule has 1 saturated heterocycles. The van der Waals surface area contributed by atoms with E-state index in [0.717, 1.165) is 19.6 Å². The topological polar surface area (TPSA) is 88.8 Å². The van der Waals surface area contributed by atoms with Crippen LogP contribution < -0.4 is 5.73 Å². The number of nitrogen functional groups attached to an aromatic ring is 1. The maximum Gasteiger partial charge on any atom is 0.359 e. The minimum Gasteiger partial charge on any atom is -0.451 e. The quantitative estimate of drug-likeness (QED) is 0.548. The molecular formula is C19H19Cl3N4O3. The van der Waals surface area contributed by atoms with Crippen LogP contribution in [0.5, 0.6) is 0 Å². The van der Waals surface area contributed by atoms with Gasteiger partial charge < -0.3 is 15.4 Å². The number of piperazine rings is 1. The SMILES string of the molecule is Nc1c(Cl)c(Cl)nc(C(=O)OCC(=O)N2CCN(Cc3ccccc3)CC2)c1Cl. The Balaban J connectivity index is 1.50. The van der Waals surface area contributed by atoms with E-state index in [0.29, 0.717) is 13.1 Å². The van der Waals surface area contributed by atoms with Gasteiger partial charge in [-0.3, -0.25) is 9.69 Å². The molecule has 3 rings (SSSR count). The lowest BCUT2D eigenvalue weighted by Crippen LogP contribution is -2.49. The van der Waals surface area contributed by atoms with Crippen LogP contribution in [0.3, 0.4) is 0 Å². The highest BCUT2D eigenvalue weighted by molar-refractivity contribution is 6.46. The molecule has 2 aromatic rings. The number of esters is 1. The monoisotopic (exact) mass is 456 g/mol. The average Bonchev–Trinajstić information content (AvgIpc) is 2.74. The van der Waals surface area contributed by atoms with Gasteiger partial charge in [-0.25, -0.2) is 9.78 Å². The highest BCUT2D eigenvalue weighted by Gasteiger charge is 2.25. The molecule has 29 heavy (non-hydrogen) atoms. The second-order valence-corrected chi connectivity index (χ2v) is 7.63. The Bertz CT molecular complexity index is 903. The Labute approximate surface area is 183 Å². The second kappa shape index (κ2) is 9.63. The van der Waals surface area contributed by atoms with Gasteiger partial charge in [0.15, 0.2) is 17.5 Å². The van der Waals surface area contributed by atoms with Crippen LogP contribution in [0.2, 0.25) is 15.2 Å². The number of pyridine rings is 1. The second-order valence-electron chi connectivity index (χ2n) is 6.51. The Hall–Kier alpha value is -2.06. The predicted molar refractivity (Wildman–Crippen MR) is 112 cm³/mol. The number of carbonyl (C=O) groups is 2. The summed E-state index contributed by atoms with van der Waals surface area (Å²) < 4.78 is 5.05. The molecule has 2 N–H and O–H groups in total. The van der Waals surface area contributed by atoms with Crippen LogP contribution in [0.4, 0.5) is 5.69 Å². The maximum absolute atomic E-state index is 12.4. The summed E-state index contributed by atoms with van der Waals surface area (Å²) in [6, 6.07) is 10.1. The van der Waals surface area contributed by atoms with Crippen molar-refractivity contribution in [2.45, 2.75) is 6.54 Å². The maximum atomic E-state index is 12.4. The zero-order valence-electron chi connectivity index (χ0n) is 15.4. The molecule has 0 spiro atoms. The molecule has 0 atom stereocenters. The standard InChI is InChI=1S/C19H19Cl3N4O3/c20-14-16(23)15(21)18(22)24-17(14)19(28)29-11-13(27)26-8-6-25(7-9-26)10-12-4-2-1-3-5-12/h1-5H,6-11H2,(H2,23,24). The molecule has 1 amide bonds. The van der Waals surface area contributed by atoms with Crippen molar-refractivity contribution in [2.75, 3.05) is 38.5 Å². The number of anilines is 1. The zero-order chi connectivity index (χ0) is 21.0. The van der Waals surface area contributed by atoms with Gasteiger partial charge >= 0.3 is 5.97 Å². The Morgan fingerprint density at radius 1 is 1.03 bits per heavy atom. The van der Waals surface area contributed by atoms with E-state index >= 15 is 0 Å². The van der Waals surface area contributed by atoms with Crippen molar-refractivity contribution in [3.05, 3.63) is 56.8 Å². The van der Waals surface area contributed by atoms with E-state index in [2.05, 4.69) is 22.0 Å². The number of hydrogen-bond acceptors (Lipinski definition) is 6. The summed E-state index contributed by atoms with van der Waals surface area (Å²) in [6.07, 6.45) is 0. The lowest BCUT2D eigenvalue weighted by Gasteiger charge is -2.34.